The lowest BCUT2D eigenvalue weighted by atomic mass is 10.1. The zero-order valence-corrected chi connectivity index (χ0v) is 10.8. The third-order valence-corrected chi connectivity index (χ3v) is 3.38. The monoisotopic (exact) mass is 291 g/mol. The smallest absolute Gasteiger partial charge is 0.418 e. The van der Waals surface area contributed by atoms with Crippen molar-refractivity contribution in [3.05, 3.63) is 23.5 Å². The maximum absolute atomic E-state index is 12.7. The zero-order chi connectivity index (χ0) is 14.8. The van der Waals surface area contributed by atoms with Gasteiger partial charge in [-0.2, -0.15) is 13.2 Å². The van der Waals surface area contributed by atoms with Crippen molar-refractivity contribution in [2.45, 2.75) is 44.5 Å². The molecule has 1 saturated heterocycles. The lowest BCUT2D eigenvalue weighted by Gasteiger charge is -2.09. The Hall–Kier alpha value is -1.50. The molecule has 4 nitrogen and oxygen atoms in total. The molecule has 1 aliphatic rings. The van der Waals surface area contributed by atoms with E-state index in [9.17, 15) is 18.0 Å². The summed E-state index contributed by atoms with van der Waals surface area (Å²) in [6.07, 6.45) is 0.895. The standard InChI is InChI=1S/C13H16F3NO3/c14-13(15,16)11-8-17(7-10(11)12(18)19)5-1-3-9-4-2-6-20-9/h7-9H,1-6H2,(H,18,19). The number of hydrogen-bond donors (Lipinski definition) is 1. The molecule has 1 aromatic rings. The van der Waals surface area contributed by atoms with Crippen LogP contribution in [0.5, 0.6) is 0 Å². The predicted octanol–water partition coefficient (Wildman–Crippen LogP) is 3.16. The fourth-order valence-corrected chi connectivity index (χ4v) is 2.41. The van der Waals surface area contributed by atoms with E-state index in [1.807, 2.05) is 0 Å². The van der Waals surface area contributed by atoms with Crippen LogP contribution in [0.15, 0.2) is 12.4 Å². The fraction of sp³-hybridized carbons (Fsp3) is 0.615. The number of carbonyl (C=O) groups is 1. The van der Waals surface area contributed by atoms with Crippen molar-refractivity contribution in [2.75, 3.05) is 6.61 Å². The van der Waals surface area contributed by atoms with E-state index in [4.69, 9.17) is 9.84 Å². The van der Waals surface area contributed by atoms with Gasteiger partial charge in [0, 0.05) is 25.5 Å². The first kappa shape index (κ1) is 14.9. The molecule has 0 radical (unpaired) electrons. The Kier molecular flexibility index (Phi) is 4.37. The molecule has 7 heteroatoms. The number of nitrogens with zero attached hydrogens (tertiary/aromatic N) is 1. The quantitative estimate of drug-likeness (QED) is 0.906. The molecule has 0 bridgehead atoms. The van der Waals surface area contributed by atoms with E-state index < -0.39 is 23.3 Å². The first-order valence-electron chi connectivity index (χ1n) is 6.50. The van der Waals surface area contributed by atoms with Gasteiger partial charge in [-0.05, 0) is 25.7 Å². The lowest BCUT2D eigenvalue weighted by molar-refractivity contribution is -0.138. The highest BCUT2D eigenvalue weighted by atomic mass is 19.4. The van der Waals surface area contributed by atoms with Gasteiger partial charge in [-0.3, -0.25) is 0 Å². The Balaban J connectivity index is 1.99. The van der Waals surface area contributed by atoms with Crippen molar-refractivity contribution in [1.82, 2.24) is 4.57 Å². The molecule has 2 heterocycles. The molecule has 1 aliphatic heterocycles. The van der Waals surface area contributed by atoms with Crippen molar-refractivity contribution < 1.29 is 27.8 Å². The fourth-order valence-electron chi connectivity index (χ4n) is 2.41. The summed E-state index contributed by atoms with van der Waals surface area (Å²) in [5.74, 6) is -1.56. The van der Waals surface area contributed by atoms with Crippen LogP contribution in [-0.4, -0.2) is 28.4 Å². The Morgan fingerprint density at radius 3 is 2.70 bits per heavy atom. The third-order valence-electron chi connectivity index (χ3n) is 3.38. The number of rotatable bonds is 5. The number of carboxylic acid groups (broad SMARTS) is 1. The molecule has 0 saturated carbocycles. The van der Waals surface area contributed by atoms with Crippen molar-refractivity contribution in [2.24, 2.45) is 0 Å². The number of hydrogen-bond acceptors (Lipinski definition) is 2. The van der Waals surface area contributed by atoms with Gasteiger partial charge < -0.3 is 14.4 Å². The van der Waals surface area contributed by atoms with Gasteiger partial charge in [0.1, 0.15) is 0 Å². The van der Waals surface area contributed by atoms with E-state index in [2.05, 4.69) is 0 Å². The maximum atomic E-state index is 12.7. The second-order valence-corrected chi connectivity index (χ2v) is 4.90. The Morgan fingerprint density at radius 1 is 1.45 bits per heavy atom. The normalized spacial score (nSPS) is 19.4. The van der Waals surface area contributed by atoms with Crippen LogP contribution in [0, 0.1) is 0 Å². The van der Waals surface area contributed by atoms with Crippen molar-refractivity contribution in [3.8, 4) is 0 Å². The van der Waals surface area contributed by atoms with Crippen LogP contribution in [-0.2, 0) is 17.5 Å². The Morgan fingerprint density at radius 2 is 2.20 bits per heavy atom. The van der Waals surface area contributed by atoms with Crippen molar-refractivity contribution >= 4 is 5.97 Å². The average Bonchev–Trinajstić information content (AvgIpc) is 2.96. The number of aromatic nitrogens is 1. The molecule has 1 fully saturated rings. The molecule has 1 N–H and O–H groups in total. The van der Waals surface area contributed by atoms with Crippen LogP contribution < -0.4 is 0 Å². The van der Waals surface area contributed by atoms with Crippen LogP contribution in [0.25, 0.3) is 0 Å². The summed E-state index contributed by atoms with van der Waals surface area (Å²) < 4.78 is 44.8. The van der Waals surface area contributed by atoms with Gasteiger partial charge in [0.05, 0.1) is 17.2 Å². The third kappa shape index (κ3) is 3.53. The van der Waals surface area contributed by atoms with E-state index in [1.54, 1.807) is 0 Å². The van der Waals surface area contributed by atoms with Gasteiger partial charge in [-0.25, -0.2) is 4.79 Å². The van der Waals surface area contributed by atoms with E-state index in [0.29, 0.717) is 13.0 Å². The number of ether oxygens (including phenoxy) is 1. The van der Waals surface area contributed by atoms with Gasteiger partial charge in [-0.15, -0.1) is 0 Å². The molecule has 1 atom stereocenters. The molecular formula is C13H16F3NO3. The number of halogens is 3. The zero-order valence-electron chi connectivity index (χ0n) is 10.8. The molecule has 0 aliphatic carbocycles. The van der Waals surface area contributed by atoms with Crippen LogP contribution >= 0.6 is 0 Å². The van der Waals surface area contributed by atoms with Crippen molar-refractivity contribution in [3.63, 3.8) is 0 Å². The van der Waals surface area contributed by atoms with E-state index in [0.717, 1.165) is 38.3 Å². The molecule has 0 amide bonds. The summed E-state index contributed by atoms with van der Waals surface area (Å²) in [7, 11) is 0. The number of alkyl halides is 3. The minimum atomic E-state index is -4.65. The second-order valence-electron chi connectivity index (χ2n) is 4.90. The first-order valence-corrected chi connectivity index (χ1v) is 6.50. The predicted molar refractivity (Wildman–Crippen MR) is 64.6 cm³/mol. The topological polar surface area (TPSA) is 51.5 Å². The highest BCUT2D eigenvalue weighted by Gasteiger charge is 2.36. The molecule has 1 unspecified atom stereocenters. The maximum Gasteiger partial charge on any atom is 0.418 e. The minimum Gasteiger partial charge on any atom is -0.478 e. The van der Waals surface area contributed by atoms with Crippen LogP contribution in [0.2, 0.25) is 0 Å². The average molecular weight is 291 g/mol. The summed E-state index contributed by atoms with van der Waals surface area (Å²) in [4.78, 5) is 10.8. The van der Waals surface area contributed by atoms with E-state index in [-0.39, 0.29) is 6.10 Å². The largest absolute Gasteiger partial charge is 0.478 e. The summed E-state index contributed by atoms with van der Waals surface area (Å²) in [5.41, 5.74) is -1.79. The molecular weight excluding hydrogens is 275 g/mol. The van der Waals surface area contributed by atoms with E-state index >= 15 is 0 Å². The molecule has 20 heavy (non-hydrogen) atoms. The van der Waals surface area contributed by atoms with Gasteiger partial charge >= 0.3 is 12.1 Å². The second kappa shape index (κ2) is 5.87. The molecule has 112 valence electrons. The number of carboxylic acids is 1. The minimum absolute atomic E-state index is 0.187. The van der Waals surface area contributed by atoms with Gasteiger partial charge in [0.25, 0.3) is 0 Å². The van der Waals surface area contributed by atoms with Gasteiger partial charge in [0.2, 0.25) is 0 Å². The molecule has 1 aromatic heterocycles. The van der Waals surface area contributed by atoms with Crippen LogP contribution in [0.1, 0.15) is 41.6 Å². The highest BCUT2D eigenvalue weighted by Crippen LogP contribution is 2.32. The van der Waals surface area contributed by atoms with Crippen LogP contribution in [0.4, 0.5) is 13.2 Å². The van der Waals surface area contributed by atoms with Crippen molar-refractivity contribution in [1.29, 1.82) is 0 Å². The van der Waals surface area contributed by atoms with Gasteiger partial charge in [0.15, 0.2) is 0 Å². The molecule has 2 rings (SSSR count). The summed E-state index contributed by atoms with van der Waals surface area (Å²) in [6, 6.07) is 0. The molecule has 0 spiro atoms. The van der Waals surface area contributed by atoms with Crippen LogP contribution in [0.3, 0.4) is 0 Å². The lowest BCUT2D eigenvalue weighted by Crippen LogP contribution is -2.09. The number of aryl methyl sites for hydroxylation is 1. The first-order chi connectivity index (χ1) is 9.38. The summed E-state index contributed by atoms with van der Waals surface area (Å²) >= 11 is 0. The summed E-state index contributed by atoms with van der Waals surface area (Å²) in [6.45, 7) is 1.10. The Bertz CT molecular complexity index is 476. The van der Waals surface area contributed by atoms with Gasteiger partial charge in [-0.1, -0.05) is 0 Å². The Labute approximate surface area is 114 Å². The summed E-state index contributed by atoms with van der Waals surface area (Å²) in [5, 5.41) is 8.81. The highest BCUT2D eigenvalue weighted by molar-refractivity contribution is 5.89. The SMILES string of the molecule is O=C(O)c1cn(CCCC2CCCO2)cc1C(F)(F)F. The van der Waals surface area contributed by atoms with E-state index in [1.165, 1.54) is 4.57 Å². The number of aromatic carboxylic acids is 1. The molecule has 0 aromatic carbocycles.